The molecule has 0 bridgehead atoms. The lowest BCUT2D eigenvalue weighted by Gasteiger charge is -2.19. The van der Waals surface area contributed by atoms with Crippen molar-refractivity contribution in [3.63, 3.8) is 0 Å². The summed E-state index contributed by atoms with van der Waals surface area (Å²) in [6.45, 7) is -0.324. The fourth-order valence-corrected chi connectivity index (χ4v) is 3.02. The Morgan fingerprint density at radius 1 is 1.29 bits per heavy atom. The maximum Gasteiger partial charge on any atom is 0.258 e. The Kier molecular flexibility index (Phi) is 6.30. The second-order valence-corrected chi connectivity index (χ2v) is 6.95. The van der Waals surface area contributed by atoms with Crippen LogP contribution < -0.4 is 14.8 Å². The number of hydrogen-bond acceptors (Lipinski definition) is 4. The number of halogens is 2. The number of methoxy groups -OCH3 is 1. The Hall–Kier alpha value is -2.87. The van der Waals surface area contributed by atoms with Crippen LogP contribution in [0.15, 0.2) is 59.3 Å². The highest BCUT2D eigenvalue weighted by atomic mass is 79.9. The molecular weight excluding hydrogens is 429 g/mol. The average Bonchev–Trinajstić information content (AvgIpc) is 3.11. The summed E-state index contributed by atoms with van der Waals surface area (Å²) >= 11 is 3.18. The minimum Gasteiger partial charge on any atom is -0.497 e. The molecule has 0 aliphatic rings. The van der Waals surface area contributed by atoms with Crippen molar-refractivity contribution in [2.45, 2.75) is 6.04 Å². The molecule has 1 atom stereocenters. The largest absolute Gasteiger partial charge is 0.497 e. The fourth-order valence-electron chi connectivity index (χ4n) is 2.69. The van der Waals surface area contributed by atoms with Gasteiger partial charge in [-0.15, -0.1) is 0 Å². The number of imidazole rings is 1. The minimum atomic E-state index is -0.544. The average molecular weight is 448 g/mol. The number of hydrogen-bond donors (Lipinski definition) is 1. The van der Waals surface area contributed by atoms with Crippen LogP contribution in [0.25, 0.3) is 0 Å². The molecule has 0 radical (unpaired) electrons. The van der Waals surface area contributed by atoms with Gasteiger partial charge in [-0.1, -0.05) is 28.1 Å². The van der Waals surface area contributed by atoms with E-state index in [1.807, 2.05) is 35.9 Å². The van der Waals surface area contributed by atoms with Crippen molar-refractivity contribution in [1.29, 1.82) is 0 Å². The predicted octanol–water partition coefficient (Wildman–Crippen LogP) is 3.61. The number of ether oxygens (including phenoxy) is 2. The van der Waals surface area contributed by atoms with E-state index >= 15 is 0 Å². The summed E-state index contributed by atoms with van der Waals surface area (Å²) in [5, 5.41) is 2.90. The van der Waals surface area contributed by atoms with Gasteiger partial charge in [0.2, 0.25) is 0 Å². The third-order valence-electron chi connectivity index (χ3n) is 4.12. The van der Waals surface area contributed by atoms with Crippen LogP contribution in [0.1, 0.15) is 17.4 Å². The lowest BCUT2D eigenvalue weighted by molar-refractivity contribution is -0.123. The van der Waals surface area contributed by atoms with E-state index in [1.165, 1.54) is 12.1 Å². The molecule has 0 spiro atoms. The van der Waals surface area contributed by atoms with Gasteiger partial charge in [-0.3, -0.25) is 4.79 Å². The Morgan fingerprint density at radius 3 is 2.64 bits per heavy atom. The summed E-state index contributed by atoms with van der Waals surface area (Å²) in [4.78, 5) is 16.8. The summed E-state index contributed by atoms with van der Waals surface area (Å²) in [5.41, 5.74) is 0.832. The number of benzene rings is 2. The molecule has 6 nitrogen and oxygen atoms in total. The first-order chi connectivity index (χ1) is 13.5. The van der Waals surface area contributed by atoms with Crippen LogP contribution >= 0.6 is 15.9 Å². The predicted molar refractivity (Wildman–Crippen MR) is 106 cm³/mol. The van der Waals surface area contributed by atoms with E-state index in [0.717, 1.165) is 5.56 Å². The molecule has 8 heteroatoms. The molecule has 0 saturated carbocycles. The van der Waals surface area contributed by atoms with Gasteiger partial charge in [0.15, 0.2) is 18.2 Å². The molecular formula is C20H19BrFN3O3. The van der Waals surface area contributed by atoms with Crippen LogP contribution in [0.2, 0.25) is 0 Å². The zero-order valence-corrected chi connectivity index (χ0v) is 16.9. The highest BCUT2D eigenvalue weighted by Crippen LogP contribution is 2.24. The van der Waals surface area contributed by atoms with Crippen LogP contribution in [0.3, 0.4) is 0 Å². The van der Waals surface area contributed by atoms with Crippen molar-refractivity contribution in [3.8, 4) is 11.5 Å². The Balaban J connectivity index is 1.75. The number of rotatable bonds is 7. The molecule has 0 aliphatic heterocycles. The van der Waals surface area contributed by atoms with Crippen LogP contribution in [-0.2, 0) is 11.8 Å². The van der Waals surface area contributed by atoms with Gasteiger partial charge in [0, 0.05) is 23.9 Å². The Morgan fingerprint density at radius 2 is 2.04 bits per heavy atom. The third-order valence-corrected chi connectivity index (χ3v) is 4.62. The number of nitrogens with zero attached hydrogens (tertiary/aromatic N) is 2. The minimum absolute atomic E-state index is 0.0105. The number of carbonyl (C=O) groups excluding carboxylic acids is 1. The number of nitrogens with one attached hydrogen (secondary N) is 1. The molecule has 0 fully saturated rings. The highest BCUT2D eigenvalue weighted by molar-refractivity contribution is 9.10. The van der Waals surface area contributed by atoms with E-state index in [0.29, 0.717) is 16.0 Å². The van der Waals surface area contributed by atoms with Gasteiger partial charge in [-0.05, 0) is 35.9 Å². The van der Waals surface area contributed by atoms with Crippen molar-refractivity contribution in [2.24, 2.45) is 7.05 Å². The zero-order valence-electron chi connectivity index (χ0n) is 15.4. The second-order valence-electron chi connectivity index (χ2n) is 6.03. The van der Waals surface area contributed by atoms with Gasteiger partial charge < -0.3 is 19.4 Å². The molecule has 3 rings (SSSR count). The van der Waals surface area contributed by atoms with Crippen molar-refractivity contribution in [2.75, 3.05) is 13.7 Å². The summed E-state index contributed by atoms with van der Waals surface area (Å²) < 4.78 is 26.8. The lowest BCUT2D eigenvalue weighted by atomic mass is 10.1. The van der Waals surface area contributed by atoms with E-state index < -0.39 is 17.8 Å². The maximum absolute atomic E-state index is 13.9. The first-order valence-corrected chi connectivity index (χ1v) is 9.25. The Bertz CT molecular complexity index is 960. The van der Waals surface area contributed by atoms with E-state index in [4.69, 9.17) is 9.47 Å². The van der Waals surface area contributed by atoms with Gasteiger partial charge in [0.1, 0.15) is 17.6 Å². The first-order valence-electron chi connectivity index (χ1n) is 8.46. The number of amides is 1. The summed E-state index contributed by atoms with van der Waals surface area (Å²) in [6.07, 6.45) is 3.46. The fraction of sp³-hybridized carbons (Fsp3) is 0.200. The Labute approximate surface area is 170 Å². The van der Waals surface area contributed by atoms with Crippen molar-refractivity contribution >= 4 is 21.8 Å². The van der Waals surface area contributed by atoms with Gasteiger partial charge in [-0.2, -0.15) is 0 Å². The maximum atomic E-state index is 13.9. The van der Waals surface area contributed by atoms with Crippen LogP contribution in [-0.4, -0.2) is 29.2 Å². The molecule has 1 unspecified atom stereocenters. The molecule has 1 aromatic heterocycles. The summed E-state index contributed by atoms with van der Waals surface area (Å²) in [7, 11) is 3.43. The van der Waals surface area contributed by atoms with E-state index in [1.54, 1.807) is 25.6 Å². The standard InChI is InChI=1S/C20H19BrFN3O3/c1-25-10-9-23-20(25)19(13-3-6-15(27-2)7-4-13)24-18(26)12-28-17-8-5-14(21)11-16(17)22/h3-11,19H,12H2,1-2H3,(H,24,26). The van der Waals surface area contributed by atoms with Gasteiger partial charge in [-0.25, -0.2) is 9.37 Å². The monoisotopic (exact) mass is 447 g/mol. The van der Waals surface area contributed by atoms with Gasteiger partial charge >= 0.3 is 0 Å². The van der Waals surface area contributed by atoms with E-state index in [2.05, 4.69) is 26.2 Å². The SMILES string of the molecule is COc1ccc(C(NC(=O)COc2ccc(Br)cc2F)c2nccn2C)cc1. The van der Waals surface area contributed by atoms with E-state index in [-0.39, 0.29) is 12.4 Å². The van der Waals surface area contributed by atoms with Crippen molar-refractivity contribution in [1.82, 2.24) is 14.9 Å². The van der Waals surface area contributed by atoms with Crippen molar-refractivity contribution in [3.05, 3.63) is 76.5 Å². The van der Waals surface area contributed by atoms with Crippen LogP contribution in [0.5, 0.6) is 11.5 Å². The van der Waals surface area contributed by atoms with E-state index in [9.17, 15) is 9.18 Å². The van der Waals surface area contributed by atoms with Crippen molar-refractivity contribution < 1.29 is 18.7 Å². The molecule has 3 aromatic rings. The van der Waals surface area contributed by atoms with Gasteiger partial charge in [0.25, 0.3) is 5.91 Å². The molecule has 0 saturated heterocycles. The second kappa shape index (κ2) is 8.88. The van der Waals surface area contributed by atoms with Crippen LogP contribution in [0.4, 0.5) is 4.39 Å². The summed E-state index contributed by atoms with van der Waals surface area (Å²) in [5.74, 6) is 0.441. The molecule has 28 heavy (non-hydrogen) atoms. The smallest absolute Gasteiger partial charge is 0.258 e. The lowest BCUT2D eigenvalue weighted by Crippen LogP contribution is -2.34. The zero-order chi connectivity index (χ0) is 20.1. The third kappa shape index (κ3) is 4.69. The summed E-state index contributed by atoms with van der Waals surface area (Å²) in [6, 6.07) is 11.2. The quantitative estimate of drug-likeness (QED) is 0.600. The molecule has 146 valence electrons. The van der Waals surface area contributed by atoms with Crippen LogP contribution in [0, 0.1) is 5.82 Å². The molecule has 1 amide bonds. The molecule has 0 aliphatic carbocycles. The number of aryl methyl sites for hydroxylation is 1. The molecule has 1 N–H and O–H groups in total. The number of carbonyl (C=O) groups is 1. The van der Waals surface area contributed by atoms with Gasteiger partial charge in [0.05, 0.1) is 7.11 Å². The molecule has 2 aromatic carbocycles. The topological polar surface area (TPSA) is 65.4 Å². The molecule has 1 heterocycles. The first kappa shape index (κ1) is 19.9. The highest BCUT2D eigenvalue weighted by Gasteiger charge is 2.21. The number of aromatic nitrogens is 2. The normalized spacial score (nSPS) is 11.7.